The maximum Gasteiger partial charge on any atom is 0.492 e. The normalized spacial score (nSPS) is 14.9. The second kappa shape index (κ2) is 7.39. The van der Waals surface area contributed by atoms with Crippen LogP contribution in [-0.4, -0.2) is 30.2 Å². The SMILES string of the molecule is COC(=O)c1cc(C(C)(C)C)cc2c1Oc1c(B(O)O)cc(C(C)(C)C)cc1C2(C)C. The zero-order valence-electron chi connectivity index (χ0n) is 20.0. The van der Waals surface area contributed by atoms with Crippen LogP contribution < -0.4 is 10.2 Å². The average Bonchev–Trinajstić information content (AvgIpc) is 2.64. The quantitative estimate of drug-likeness (QED) is 0.559. The van der Waals surface area contributed by atoms with Gasteiger partial charge >= 0.3 is 13.1 Å². The van der Waals surface area contributed by atoms with E-state index in [9.17, 15) is 14.8 Å². The molecule has 5 nitrogen and oxygen atoms in total. The monoisotopic (exact) mass is 424 g/mol. The van der Waals surface area contributed by atoms with Crippen LogP contribution in [0.5, 0.6) is 11.5 Å². The van der Waals surface area contributed by atoms with E-state index >= 15 is 0 Å². The number of benzene rings is 2. The highest BCUT2D eigenvalue weighted by Crippen LogP contribution is 2.50. The largest absolute Gasteiger partial charge is 0.492 e. The molecule has 0 amide bonds. The number of hydrogen-bond acceptors (Lipinski definition) is 5. The third-order valence-corrected chi connectivity index (χ3v) is 6.17. The molecule has 3 rings (SSSR count). The second-order valence-corrected chi connectivity index (χ2v) is 10.9. The molecule has 0 aliphatic carbocycles. The van der Waals surface area contributed by atoms with Crippen LogP contribution in [0.25, 0.3) is 0 Å². The first-order valence-corrected chi connectivity index (χ1v) is 10.6. The van der Waals surface area contributed by atoms with Gasteiger partial charge in [-0.3, -0.25) is 0 Å². The molecule has 0 bridgehead atoms. The Bertz CT molecular complexity index is 1040. The molecule has 2 aromatic carbocycles. The lowest BCUT2D eigenvalue weighted by Crippen LogP contribution is -2.37. The van der Waals surface area contributed by atoms with Gasteiger partial charge in [0, 0.05) is 22.0 Å². The van der Waals surface area contributed by atoms with Crippen molar-refractivity contribution in [2.75, 3.05) is 7.11 Å². The molecule has 0 atom stereocenters. The summed E-state index contributed by atoms with van der Waals surface area (Å²) in [4.78, 5) is 12.7. The summed E-state index contributed by atoms with van der Waals surface area (Å²) in [6.45, 7) is 16.7. The number of hydrogen-bond donors (Lipinski definition) is 2. The van der Waals surface area contributed by atoms with Gasteiger partial charge in [-0.05, 0) is 28.0 Å². The fourth-order valence-corrected chi connectivity index (χ4v) is 4.00. The number of ether oxygens (including phenoxy) is 2. The lowest BCUT2D eigenvalue weighted by Gasteiger charge is -2.38. The van der Waals surface area contributed by atoms with Crippen LogP contribution in [0.15, 0.2) is 24.3 Å². The molecule has 0 saturated heterocycles. The van der Waals surface area contributed by atoms with Crippen molar-refractivity contribution in [1.29, 1.82) is 0 Å². The summed E-state index contributed by atoms with van der Waals surface area (Å²) in [6, 6.07) is 7.74. The number of fused-ring (bicyclic) bond motifs is 2. The summed E-state index contributed by atoms with van der Waals surface area (Å²) in [6.07, 6.45) is 0. The van der Waals surface area contributed by atoms with Gasteiger partial charge < -0.3 is 19.5 Å². The molecule has 0 saturated carbocycles. The van der Waals surface area contributed by atoms with E-state index in [1.807, 2.05) is 6.07 Å². The predicted molar refractivity (Wildman–Crippen MR) is 124 cm³/mol. The molecule has 1 heterocycles. The molecule has 0 unspecified atom stereocenters. The summed E-state index contributed by atoms with van der Waals surface area (Å²) >= 11 is 0. The molecule has 0 fully saturated rings. The Kier molecular flexibility index (Phi) is 5.57. The predicted octanol–water partition coefficient (Wildman–Crippen LogP) is 4.18. The van der Waals surface area contributed by atoms with E-state index in [1.165, 1.54) is 7.11 Å². The summed E-state index contributed by atoms with van der Waals surface area (Å²) in [5, 5.41) is 20.3. The van der Waals surface area contributed by atoms with Crippen molar-refractivity contribution in [2.45, 2.75) is 71.6 Å². The number of carbonyl (C=O) groups is 1. The van der Waals surface area contributed by atoms with Crippen molar-refractivity contribution < 1.29 is 24.3 Å². The van der Waals surface area contributed by atoms with Crippen molar-refractivity contribution in [2.24, 2.45) is 0 Å². The van der Waals surface area contributed by atoms with E-state index in [4.69, 9.17) is 9.47 Å². The van der Waals surface area contributed by atoms with Crippen LogP contribution in [0.4, 0.5) is 0 Å². The van der Waals surface area contributed by atoms with Gasteiger partial charge in [0.25, 0.3) is 0 Å². The highest BCUT2D eigenvalue weighted by Gasteiger charge is 2.41. The zero-order valence-corrected chi connectivity index (χ0v) is 20.0. The molecule has 0 aromatic heterocycles. The first-order valence-electron chi connectivity index (χ1n) is 10.6. The molecule has 1 aliphatic heterocycles. The minimum Gasteiger partial charge on any atom is -0.465 e. The number of carbonyl (C=O) groups excluding carboxylic acids is 1. The summed E-state index contributed by atoms with van der Waals surface area (Å²) in [5.41, 5.74) is 3.41. The number of methoxy groups -OCH3 is 1. The zero-order chi connectivity index (χ0) is 23.5. The Balaban J connectivity index is 2.40. The minimum atomic E-state index is -1.70. The van der Waals surface area contributed by atoms with E-state index in [0.29, 0.717) is 17.1 Å². The Morgan fingerprint density at radius 1 is 0.903 bits per heavy atom. The van der Waals surface area contributed by atoms with Gasteiger partial charge in [0.2, 0.25) is 0 Å². The molecule has 0 spiro atoms. The summed E-state index contributed by atoms with van der Waals surface area (Å²) < 4.78 is 11.3. The highest BCUT2D eigenvalue weighted by atomic mass is 16.5. The van der Waals surface area contributed by atoms with Crippen LogP contribution in [0.1, 0.15) is 88.0 Å². The Labute approximate surface area is 185 Å². The molecule has 6 heteroatoms. The van der Waals surface area contributed by atoms with Crippen LogP contribution in [0.2, 0.25) is 0 Å². The Morgan fingerprint density at radius 2 is 1.39 bits per heavy atom. The summed E-state index contributed by atoms with van der Waals surface area (Å²) in [7, 11) is -0.359. The van der Waals surface area contributed by atoms with Gasteiger partial charge in [0.05, 0.1) is 7.11 Å². The lowest BCUT2D eigenvalue weighted by atomic mass is 9.67. The highest BCUT2D eigenvalue weighted by molar-refractivity contribution is 6.60. The van der Waals surface area contributed by atoms with Gasteiger partial charge in [-0.15, -0.1) is 0 Å². The minimum absolute atomic E-state index is 0.187. The Hall–Kier alpha value is -2.31. The number of rotatable bonds is 2. The maximum atomic E-state index is 12.7. The topological polar surface area (TPSA) is 76.0 Å². The molecular formula is C25H33BO5. The molecular weight excluding hydrogens is 391 g/mol. The van der Waals surface area contributed by atoms with E-state index in [2.05, 4.69) is 67.5 Å². The molecule has 2 aromatic rings. The molecule has 166 valence electrons. The standard InChI is InChI=1S/C25H33BO5/c1-23(2,3)14-10-16(22(27)30-9)20-17(11-14)25(7,8)18-12-15(24(4,5)6)13-19(26(28)29)21(18)31-20/h10-13,28-29H,1-9H3. The van der Waals surface area contributed by atoms with Gasteiger partial charge in [0.15, 0.2) is 0 Å². The van der Waals surface area contributed by atoms with Gasteiger partial charge in [-0.25, -0.2) is 4.79 Å². The van der Waals surface area contributed by atoms with E-state index < -0.39 is 18.5 Å². The maximum absolute atomic E-state index is 12.7. The van der Waals surface area contributed by atoms with Crippen LogP contribution in [0.3, 0.4) is 0 Å². The molecule has 2 N–H and O–H groups in total. The van der Waals surface area contributed by atoms with Crippen LogP contribution in [-0.2, 0) is 21.0 Å². The second-order valence-electron chi connectivity index (χ2n) is 10.9. The van der Waals surface area contributed by atoms with Crippen molar-refractivity contribution in [3.8, 4) is 11.5 Å². The van der Waals surface area contributed by atoms with Crippen LogP contribution in [0, 0.1) is 0 Å². The van der Waals surface area contributed by atoms with Crippen molar-refractivity contribution >= 4 is 18.6 Å². The third kappa shape index (κ3) is 3.99. The molecule has 0 radical (unpaired) electrons. The van der Waals surface area contributed by atoms with Gasteiger partial charge in [-0.1, -0.05) is 73.6 Å². The first-order chi connectivity index (χ1) is 14.1. The fraction of sp³-hybridized carbons (Fsp3) is 0.480. The van der Waals surface area contributed by atoms with Crippen molar-refractivity contribution in [1.82, 2.24) is 0 Å². The smallest absolute Gasteiger partial charge is 0.465 e. The third-order valence-electron chi connectivity index (χ3n) is 6.17. The van der Waals surface area contributed by atoms with E-state index in [-0.39, 0.29) is 16.3 Å². The molecule has 1 aliphatic rings. The van der Waals surface area contributed by atoms with Crippen LogP contribution >= 0.6 is 0 Å². The fourth-order valence-electron chi connectivity index (χ4n) is 4.00. The van der Waals surface area contributed by atoms with Gasteiger partial charge in [-0.2, -0.15) is 0 Å². The van der Waals surface area contributed by atoms with Gasteiger partial charge in [0.1, 0.15) is 17.1 Å². The summed E-state index contributed by atoms with van der Waals surface area (Å²) in [5.74, 6) is 0.302. The van der Waals surface area contributed by atoms with E-state index in [1.54, 1.807) is 6.07 Å². The van der Waals surface area contributed by atoms with Crippen molar-refractivity contribution in [3.63, 3.8) is 0 Å². The van der Waals surface area contributed by atoms with Crippen molar-refractivity contribution in [3.05, 3.63) is 52.1 Å². The average molecular weight is 424 g/mol. The van der Waals surface area contributed by atoms with E-state index in [0.717, 1.165) is 22.3 Å². The first kappa shape index (κ1) is 23.4. The Morgan fingerprint density at radius 3 is 1.84 bits per heavy atom. The molecule has 31 heavy (non-hydrogen) atoms. The lowest BCUT2D eigenvalue weighted by molar-refractivity contribution is 0.0597. The number of esters is 1.